The summed E-state index contributed by atoms with van der Waals surface area (Å²) in [4.78, 5) is 11.8. The van der Waals surface area contributed by atoms with Crippen molar-refractivity contribution in [2.45, 2.75) is 13.8 Å². The maximum absolute atomic E-state index is 11.8. The van der Waals surface area contributed by atoms with Crippen molar-refractivity contribution in [3.63, 3.8) is 0 Å². The lowest BCUT2D eigenvalue weighted by molar-refractivity contribution is 0.0526. The number of esters is 1. The summed E-state index contributed by atoms with van der Waals surface area (Å²) in [6, 6.07) is 10.7. The lowest BCUT2D eigenvalue weighted by atomic mass is 9.97. The van der Waals surface area contributed by atoms with Crippen molar-refractivity contribution < 1.29 is 9.53 Å². The number of aryl methyl sites for hydroxylation is 1. The van der Waals surface area contributed by atoms with Crippen molar-refractivity contribution >= 4 is 23.3 Å². The molecule has 0 aromatic heterocycles. The second-order valence-corrected chi connectivity index (χ2v) is 4.86. The molecule has 4 heteroatoms. The van der Waals surface area contributed by atoms with Crippen LogP contribution in [0.3, 0.4) is 0 Å². The fourth-order valence-corrected chi connectivity index (χ4v) is 2.33. The lowest BCUT2D eigenvalue weighted by Crippen LogP contribution is -2.05. The maximum Gasteiger partial charge on any atom is 0.338 e. The first-order valence-corrected chi connectivity index (χ1v) is 6.74. The third-order valence-corrected chi connectivity index (χ3v) is 3.38. The highest BCUT2D eigenvalue weighted by molar-refractivity contribution is 6.33. The normalized spacial score (nSPS) is 10.3. The minimum absolute atomic E-state index is 0.337. The van der Waals surface area contributed by atoms with E-state index in [1.54, 1.807) is 25.1 Å². The maximum atomic E-state index is 11.8. The molecule has 2 aromatic rings. The van der Waals surface area contributed by atoms with Crippen LogP contribution in [-0.4, -0.2) is 12.6 Å². The summed E-state index contributed by atoms with van der Waals surface area (Å²) in [6.07, 6.45) is 0. The SMILES string of the molecule is CCOC(=O)c1ccc(Cl)c(-c2c(C)cccc2N)c1. The number of anilines is 1. The first-order valence-electron chi connectivity index (χ1n) is 6.36. The van der Waals surface area contributed by atoms with Crippen LogP contribution >= 0.6 is 11.6 Å². The van der Waals surface area contributed by atoms with Gasteiger partial charge in [-0.2, -0.15) is 0 Å². The molecule has 0 amide bonds. The summed E-state index contributed by atoms with van der Waals surface area (Å²) >= 11 is 6.25. The number of ether oxygens (including phenoxy) is 1. The van der Waals surface area contributed by atoms with E-state index in [2.05, 4.69) is 0 Å². The number of carbonyl (C=O) groups is 1. The second-order valence-electron chi connectivity index (χ2n) is 4.45. The molecule has 104 valence electrons. The van der Waals surface area contributed by atoms with Gasteiger partial charge in [0.05, 0.1) is 12.2 Å². The number of rotatable bonds is 3. The number of hydrogen-bond donors (Lipinski definition) is 1. The van der Waals surface area contributed by atoms with Crippen LogP contribution in [0.25, 0.3) is 11.1 Å². The Morgan fingerprint density at radius 1 is 1.30 bits per heavy atom. The van der Waals surface area contributed by atoms with Crippen LogP contribution in [0.5, 0.6) is 0 Å². The molecule has 0 fully saturated rings. The molecule has 2 N–H and O–H groups in total. The summed E-state index contributed by atoms with van der Waals surface area (Å²) < 4.78 is 5.01. The zero-order valence-corrected chi connectivity index (χ0v) is 12.2. The van der Waals surface area contributed by atoms with Gasteiger partial charge in [0.1, 0.15) is 0 Å². The van der Waals surface area contributed by atoms with Gasteiger partial charge < -0.3 is 10.5 Å². The molecule has 0 aliphatic heterocycles. The molecular weight excluding hydrogens is 274 g/mol. The van der Waals surface area contributed by atoms with Crippen LogP contribution in [0.4, 0.5) is 5.69 Å². The smallest absolute Gasteiger partial charge is 0.338 e. The van der Waals surface area contributed by atoms with Crippen molar-refractivity contribution in [3.05, 3.63) is 52.5 Å². The summed E-state index contributed by atoms with van der Waals surface area (Å²) in [5.41, 5.74) is 9.73. The van der Waals surface area contributed by atoms with Crippen LogP contribution < -0.4 is 5.73 Å². The molecule has 0 heterocycles. The van der Waals surface area contributed by atoms with Crippen LogP contribution in [0.2, 0.25) is 5.02 Å². The Bertz CT molecular complexity index is 633. The summed E-state index contributed by atoms with van der Waals surface area (Å²) in [7, 11) is 0. The highest BCUT2D eigenvalue weighted by atomic mass is 35.5. The molecule has 0 saturated carbocycles. The number of halogens is 1. The fourth-order valence-electron chi connectivity index (χ4n) is 2.12. The molecule has 0 atom stereocenters. The number of nitrogen functional groups attached to an aromatic ring is 1. The van der Waals surface area contributed by atoms with Gasteiger partial charge in [-0.1, -0.05) is 23.7 Å². The number of benzene rings is 2. The Hall–Kier alpha value is -2.00. The van der Waals surface area contributed by atoms with Gasteiger partial charge in [0.2, 0.25) is 0 Å². The Morgan fingerprint density at radius 3 is 2.70 bits per heavy atom. The van der Waals surface area contributed by atoms with E-state index in [1.807, 2.05) is 25.1 Å². The van der Waals surface area contributed by atoms with Gasteiger partial charge >= 0.3 is 5.97 Å². The number of nitrogens with two attached hydrogens (primary N) is 1. The van der Waals surface area contributed by atoms with Crippen molar-refractivity contribution in [2.75, 3.05) is 12.3 Å². The van der Waals surface area contributed by atoms with Gasteiger partial charge in [0.15, 0.2) is 0 Å². The van der Waals surface area contributed by atoms with Gasteiger partial charge in [-0.3, -0.25) is 0 Å². The van der Waals surface area contributed by atoms with E-state index in [-0.39, 0.29) is 5.97 Å². The molecule has 0 saturated heterocycles. The van der Waals surface area contributed by atoms with Gasteiger partial charge in [-0.05, 0) is 43.7 Å². The Kier molecular flexibility index (Phi) is 4.30. The fraction of sp³-hybridized carbons (Fsp3) is 0.188. The summed E-state index contributed by atoms with van der Waals surface area (Å²) in [5.74, 6) is -0.363. The van der Waals surface area contributed by atoms with Gasteiger partial charge in [0, 0.05) is 21.8 Å². The molecule has 2 rings (SSSR count). The minimum Gasteiger partial charge on any atom is -0.462 e. The summed E-state index contributed by atoms with van der Waals surface area (Å²) in [5, 5.41) is 0.555. The third-order valence-electron chi connectivity index (χ3n) is 3.05. The second kappa shape index (κ2) is 5.97. The van der Waals surface area contributed by atoms with E-state index < -0.39 is 0 Å². The molecule has 0 bridgehead atoms. The Balaban J connectivity index is 2.57. The zero-order chi connectivity index (χ0) is 14.7. The quantitative estimate of drug-likeness (QED) is 0.684. The first-order chi connectivity index (χ1) is 9.54. The largest absolute Gasteiger partial charge is 0.462 e. The molecule has 0 spiro atoms. The van der Waals surface area contributed by atoms with Crippen LogP contribution in [0, 0.1) is 6.92 Å². The molecule has 20 heavy (non-hydrogen) atoms. The Labute approximate surface area is 123 Å². The predicted octanol–water partition coefficient (Wildman–Crippen LogP) is 4.07. The van der Waals surface area contributed by atoms with E-state index in [0.29, 0.717) is 22.9 Å². The predicted molar refractivity (Wildman–Crippen MR) is 82.0 cm³/mol. The Morgan fingerprint density at radius 2 is 2.05 bits per heavy atom. The van der Waals surface area contributed by atoms with E-state index in [9.17, 15) is 4.79 Å². The minimum atomic E-state index is -0.363. The lowest BCUT2D eigenvalue weighted by Gasteiger charge is -2.12. The van der Waals surface area contributed by atoms with Crippen molar-refractivity contribution in [1.29, 1.82) is 0 Å². The topological polar surface area (TPSA) is 52.3 Å². The molecule has 0 radical (unpaired) electrons. The van der Waals surface area contributed by atoms with Gasteiger partial charge in [-0.15, -0.1) is 0 Å². The average Bonchev–Trinajstić information content (AvgIpc) is 2.40. The molecule has 3 nitrogen and oxygen atoms in total. The molecule has 2 aromatic carbocycles. The average molecular weight is 290 g/mol. The van der Waals surface area contributed by atoms with Crippen molar-refractivity contribution in [3.8, 4) is 11.1 Å². The van der Waals surface area contributed by atoms with E-state index in [1.165, 1.54) is 0 Å². The van der Waals surface area contributed by atoms with Crippen molar-refractivity contribution in [1.82, 2.24) is 0 Å². The van der Waals surface area contributed by atoms with E-state index in [0.717, 1.165) is 16.7 Å². The van der Waals surface area contributed by atoms with Crippen LogP contribution in [0.15, 0.2) is 36.4 Å². The van der Waals surface area contributed by atoms with Crippen molar-refractivity contribution in [2.24, 2.45) is 0 Å². The third kappa shape index (κ3) is 2.78. The van der Waals surface area contributed by atoms with E-state index in [4.69, 9.17) is 22.1 Å². The molecule has 0 aliphatic carbocycles. The molecule has 0 unspecified atom stereocenters. The van der Waals surface area contributed by atoms with Gasteiger partial charge in [0.25, 0.3) is 0 Å². The standard InChI is InChI=1S/C16H16ClNO2/c1-3-20-16(19)11-7-8-13(17)12(9-11)15-10(2)5-4-6-14(15)18/h4-9H,3,18H2,1-2H3. The monoisotopic (exact) mass is 289 g/mol. The van der Waals surface area contributed by atoms with Gasteiger partial charge in [-0.25, -0.2) is 4.79 Å². The van der Waals surface area contributed by atoms with E-state index >= 15 is 0 Å². The zero-order valence-electron chi connectivity index (χ0n) is 11.4. The number of hydrogen-bond acceptors (Lipinski definition) is 3. The first kappa shape index (κ1) is 14.4. The highest BCUT2D eigenvalue weighted by Crippen LogP contribution is 2.35. The van der Waals surface area contributed by atoms with Crippen LogP contribution in [-0.2, 0) is 4.74 Å². The molecular formula is C16H16ClNO2. The summed E-state index contributed by atoms with van der Waals surface area (Å²) in [6.45, 7) is 4.07. The van der Waals surface area contributed by atoms with Crippen LogP contribution in [0.1, 0.15) is 22.8 Å². The number of carbonyl (C=O) groups excluding carboxylic acids is 1. The molecule has 0 aliphatic rings. The highest BCUT2D eigenvalue weighted by Gasteiger charge is 2.14.